The van der Waals surface area contributed by atoms with Crippen LogP contribution in [0.1, 0.15) is 94.5 Å². The predicted molar refractivity (Wildman–Crippen MR) is 151 cm³/mol. The molecule has 5 rings (SSSR count). The molecule has 39 heavy (non-hydrogen) atoms. The van der Waals surface area contributed by atoms with Gasteiger partial charge < -0.3 is 14.8 Å². The third-order valence-corrected chi connectivity index (χ3v) is 9.06. The van der Waals surface area contributed by atoms with Gasteiger partial charge in [-0.3, -0.25) is 9.59 Å². The van der Waals surface area contributed by atoms with Gasteiger partial charge in [-0.2, -0.15) is 5.10 Å². The monoisotopic (exact) mass is 535 g/mol. The number of ether oxygens (including phenoxy) is 2. The molecule has 3 aliphatic carbocycles. The lowest BCUT2D eigenvalue weighted by Gasteiger charge is -2.25. The molecule has 7 heteroatoms. The zero-order chi connectivity index (χ0) is 27.4. The molecule has 3 aliphatic rings. The summed E-state index contributed by atoms with van der Waals surface area (Å²) in [6, 6.07) is 8.16. The molecule has 1 heterocycles. The van der Waals surface area contributed by atoms with Crippen molar-refractivity contribution >= 4 is 11.9 Å². The second kappa shape index (κ2) is 12.6. The Kier molecular flexibility index (Phi) is 8.93. The summed E-state index contributed by atoms with van der Waals surface area (Å²) < 4.78 is 13.3. The van der Waals surface area contributed by atoms with Crippen molar-refractivity contribution in [2.24, 2.45) is 29.6 Å². The highest BCUT2D eigenvalue weighted by molar-refractivity contribution is 5.96. The Labute approximate surface area is 233 Å². The Hall–Kier alpha value is -2.83. The summed E-state index contributed by atoms with van der Waals surface area (Å²) >= 11 is 0. The van der Waals surface area contributed by atoms with E-state index in [4.69, 9.17) is 9.47 Å². The van der Waals surface area contributed by atoms with E-state index in [0.717, 1.165) is 23.6 Å². The largest absolute Gasteiger partial charge is 0.477 e. The van der Waals surface area contributed by atoms with E-state index in [-0.39, 0.29) is 17.9 Å². The van der Waals surface area contributed by atoms with Crippen LogP contribution < -0.4 is 10.1 Å². The Morgan fingerprint density at radius 1 is 1.10 bits per heavy atom. The number of benzene rings is 1. The minimum atomic E-state index is -0.197. The fourth-order valence-corrected chi connectivity index (χ4v) is 6.97. The lowest BCUT2D eigenvalue weighted by Crippen LogP contribution is -2.41. The van der Waals surface area contributed by atoms with Crippen molar-refractivity contribution in [3.05, 3.63) is 41.6 Å². The van der Waals surface area contributed by atoms with Gasteiger partial charge in [-0.05, 0) is 92.7 Å². The van der Waals surface area contributed by atoms with Gasteiger partial charge in [0.1, 0.15) is 5.56 Å². The first-order chi connectivity index (χ1) is 18.9. The van der Waals surface area contributed by atoms with E-state index in [1.165, 1.54) is 44.9 Å². The number of amides is 1. The molecule has 2 aromatic rings. The topological polar surface area (TPSA) is 82.5 Å². The number of nitrogens with one attached hydrogen (secondary N) is 1. The minimum Gasteiger partial charge on any atom is -0.477 e. The van der Waals surface area contributed by atoms with Crippen molar-refractivity contribution in [3.8, 4) is 11.6 Å². The number of aromatic nitrogens is 2. The molecular formula is C32H45N3O4. The first-order valence-electron chi connectivity index (χ1n) is 15.2. The van der Waals surface area contributed by atoms with E-state index in [2.05, 4.69) is 24.3 Å². The molecule has 5 unspecified atom stereocenters. The van der Waals surface area contributed by atoms with Crippen LogP contribution >= 0.6 is 0 Å². The molecule has 0 bridgehead atoms. The quantitative estimate of drug-likeness (QED) is 0.370. The van der Waals surface area contributed by atoms with Crippen LogP contribution in [0.2, 0.25) is 0 Å². The number of nitrogens with zero attached hydrogens (tertiary/aromatic N) is 2. The normalized spacial score (nSPS) is 26.8. The molecule has 3 fully saturated rings. The second-order valence-corrected chi connectivity index (χ2v) is 12.3. The van der Waals surface area contributed by atoms with Crippen LogP contribution in [-0.4, -0.2) is 40.9 Å². The number of esters is 1. The van der Waals surface area contributed by atoms with Crippen molar-refractivity contribution in [1.82, 2.24) is 15.1 Å². The van der Waals surface area contributed by atoms with Gasteiger partial charge in [0.25, 0.3) is 5.91 Å². The standard InChI is InChI=1S/C32H45N3O4/c1-4-38-29(36)14-13-23-11-8-12-26(17-23)35-32(39-20-24-9-6-5-7-10-24)28(19-33-35)31(37)34-30-22(3)15-21(2)16-25-18-27(25)30/h8,11-12,17,19,21-22,24-25,27,30H,4-7,9-10,13-16,18,20H2,1-3H3,(H,34,37). The maximum absolute atomic E-state index is 13.7. The molecule has 7 nitrogen and oxygen atoms in total. The highest BCUT2D eigenvalue weighted by Crippen LogP contribution is 2.51. The second-order valence-electron chi connectivity index (χ2n) is 12.3. The number of aryl methyl sites for hydroxylation is 1. The van der Waals surface area contributed by atoms with Crippen LogP contribution in [0.4, 0.5) is 0 Å². The highest BCUT2D eigenvalue weighted by atomic mass is 16.5. The molecular weight excluding hydrogens is 490 g/mol. The SMILES string of the molecule is CCOC(=O)CCc1cccc(-n2ncc(C(=O)NC3C(C)CC(C)CC4CC43)c2OCC2CCCCC2)c1. The number of rotatable bonds is 10. The molecule has 0 aliphatic heterocycles. The van der Waals surface area contributed by atoms with Gasteiger partial charge >= 0.3 is 5.97 Å². The third kappa shape index (κ3) is 6.85. The summed E-state index contributed by atoms with van der Waals surface area (Å²) in [5, 5.41) is 8.06. The fourth-order valence-electron chi connectivity index (χ4n) is 6.97. The summed E-state index contributed by atoms with van der Waals surface area (Å²) in [4.78, 5) is 25.6. The van der Waals surface area contributed by atoms with E-state index < -0.39 is 0 Å². The van der Waals surface area contributed by atoms with Gasteiger partial charge in [0.2, 0.25) is 5.88 Å². The van der Waals surface area contributed by atoms with Crippen LogP contribution in [-0.2, 0) is 16.0 Å². The Morgan fingerprint density at radius 3 is 2.72 bits per heavy atom. The van der Waals surface area contributed by atoms with Crippen molar-refractivity contribution in [2.45, 2.75) is 91.0 Å². The Bertz CT molecular complexity index is 1140. The maximum Gasteiger partial charge on any atom is 0.306 e. The van der Waals surface area contributed by atoms with Gasteiger partial charge in [-0.1, -0.05) is 45.2 Å². The maximum atomic E-state index is 13.7. The molecule has 212 valence electrons. The van der Waals surface area contributed by atoms with Crippen LogP contribution in [0.25, 0.3) is 5.69 Å². The van der Waals surface area contributed by atoms with Gasteiger partial charge in [0, 0.05) is 12.5 Å². The predicted octanol–water partition coefficient (Wildman–Crippen LogP) is 6.13. The highest BCUT2D eigenvalue weighted by Gasteiger charge is 2.48. The molecule has 1 N–H and O–H groups in total. The number of hydrogen-bond donors (Lipinski definition) is 1. The van der Waals surface area contributed by atoms with Crippen molar-refractivity contribution in [2.75, 3.05) is 13.2 Å². The molecule has 0 spiro atoms. The summed E-state index contributed by atoms with van der Waals surface area (Å²) in [6.45, 7) is 7.43. The molecule has 1 amide bonds. The van der Waals surface area contributed by atoms with Gasteiger partial charge in [0.05, 0.1) is 25.1 Å². The summed E-state index contributed by atoms with van der Waals surface area (Å²) in [7, 11) is 0. The average molecular weight is 536 g/mol. The van der Waals surface area contributed by atoms with Gasteiger partial charge in [0.15, 0.2) is 0 Å². The number of hydrogen-bond acceptors (Lipinski definition) is 5. The number of fused-ring (bicyclic) bond motifs is 1. The minimum absolute atomic E-state index is 0.0876. The zero-order valence-electron chi connectivity index (χ0n) is 23.9. The average Bonchev–Trinajstić information content (AvgIpc) is 3.56. The van der Waals surface area contributed by atoms with E-state index in [1.54, 1.807) is 10.9 Å². The number of carbonyl (C=O) groups is 2. The summed E-state index contributed by atoms with van der Waals surface area (Å²) in [6.07, 6.45) is 12.3. The van der Waals surface area contributed by atoms with E-state index >= 15 is 0 Å². The van der Waals surface area contributed by atoms with Crippen molar-refractivity contribution < 1.29 is 19.1 Å². The summed E-state index contributed by atoms with van der Waals surface area (Å²) in [5.74, 6) is 3.24. The van der Waals surface area contributed by atoms with Gasteiger partial charge in [-0.15, -0.1) is 0 Å². The molecule has 1 aromatic heterocycles. The zero-order valence-corrected chi connectivity index (χ0v) is 23.9. The van der Waals surface area contributed by atoms with Crippen LogP contribution in [0.3, 0.4) is 0 Å². The molecule has 3 saturated carbocycles. The molecule has 0 radical (unpaired) electrons. The molecule has 5 atom stereocenters. The van der Waals surface area contributed by atoms with Crippen LogP contribution in [0, 0.1) is 29.6 Å². The van der Waals surface area contributed by atoms with Crippen molar-refractivity contribution in [3.63, 3.8) is 0 Å². The van der Waals surface area contributed by atoms with E-state index in [9.17, 15) is 9.59 Å². The van der Waals surface area contributed by atoms with Crippen molar-refractivity contribution in [1.29, 1.82) is 0 Å². The van der Waals surface area contributed by atoms with E-state index in [0.29, 0.717) is 61.2 Å². The van der Waals surface area contributed by atoms with Crippen LogP contribution in [0.5, 0.6) is 5.88 Å². The van der Waals surface area contributed by atoms with Crippen LogP contribution in [0.15, 0.2) is 30.5 Å². The Balaban J connectivity index is 1.37. The fraction of sp³-hybridized carbons (Fsp3) is 0.656. The first kappa shape index (κ1) is 27.7. The molecule has 0 saturated heterocycles. The molecule has 1 aromatic carbocycles. The van der Waals surface area contributed by atoms with E-state index in [1.807, 2.05) is 31.2 Å². The first-order valence-corrected chi connectivity index (χ1v) is 15.2. The number of carbonyl (C=O) groups excluding carboxylic acids is 2. The Morgan fingerprint density at radius 2 is 1.92 bits per heavy atom. The lowest BCUT2D eigenvalue weighted by molar-refractivity contribution is -0.143. The summed E-state index contributed by atoms with van der Waals surface area (Å²) in [5.41, 5.74) is 2.35. The van der Waals surface area contributed by atoms with Gasteiger partial charge in [-0.25, -0.2) is 4.68 Å². The third-order valence-electron chi connectivity index (χ3n) is 9.06. The lowest BCUT2D eigenvalue weighted by atomic mass is 9.90. The smallest absolute Gasteiger partial charge is 0.306 e.